The highest BCUT2D eigenvalue weighted by Gasteiger charge is 2.15. The summed E-state index contributed by atoms with van der Waals surface area (Å²) in [5, 5.41) is 3.10. The van der Waals surface area contributed by atoms with Gasteiger partial charge in [-0.15, -0.1) is 11.6 Å². The normalized spacial score (nSPS) is 11.7. The Labute approximate surface area is 231 Å². The van der Waals surface area contributed by atoms with Crippen LogP contribution in [0.5, 0.6) is 0 Å². The van der Waals surface area contributed by atoms with Gasteiger partial charge in [0.15, 0.2) is 0 Å². The number of aryl methyl sites for hydroxylation is 2. The van der Waals surface area contributed by atoms with Crippen LogP contribution in [0.3, 0.4) is 0 Å². The molecule has 0 aliphatic heterocycles. The second kappa shape index (κ2) is 20.7. The van der Waals surface area contributed by atoms with Gasteiger partial charge in [-0.3, -0.25) is 9.59 Å². The first-order chi connectivity index (χ1) is 16.7. The molecule has 0 fully saturated rings. The molecular weight excluding hydrogens is 600 g/mol. The van der Waals surface area contributed by atoms with E-state index in [0.717, 1.165) is 0 Å². The fourth-order valence-corrected chi connectivity index (χ4v) is 3.18. The maximum atomic E-state index is 11.2. The Kier molecular flexibility index (Phi) is 19.9. The smallest absolute Gasteiger partial charge is 0.325 e. The summed E-state index contributed by atoms with van der Waals surface area (Å²) in [5.74, 6) is -0.583. The Morgan fingerprint density at radius 1 is 0.971 bits per heavy atom. The molecule has 0 aliphatic rings. The van der Waals surface area contributed by atoms with Gasteiger partial charge in [-0.1, -0.05) is 91.5 Å². The second-order valence-corrected chi connectivity index (χ2v) is 9.69. The number of hydrogen-bond acceptors (Lipinski definition) is 6. The SMILES string of the molecule is CCOC(=O)C(Br)CBr.CCOC(=O)C(Cl)CNCc1cccc(C)c1.Cc1cccc(CN)c1. The quantitative estimate of drug-likeness (QED) is 0.268. The first-order valence-electron chi connectivity index (χ1n) is 11.4. The van der Waals surface area contributed by atoms with Crippen LogP contribution in [0.4, 0.5) is 0 Å². The average molecular weight is 637 g/mol. The molecule has 0 spiro atoms. The number of nitrogens with two attached hydrogens (primary N) is 1. The summed E-state index contributed by atoms with van der Waals surface area (Å²) in [6.45, 7) is 10.2. The lowest BCUT2D eigenvalue weighted by Gasteiger charge is -2.10. The van der Waals surface area contributed by atoms with Crippen molar-refractivity contribution in [1.82, 2.24) is 5.32 Å². The number of benzene rings is 2. The molecule has 0 aromatic heterocycles. The van der Waals surface area contributed by atoms with Crippen molar-refractivity contribution in [3.8, 4) is 0 Å². The number of carbonyl (C=O) groups excluding carboxylic acids is 2. The highest BCUT2D eigenvalue weighted by Crippen LogP contribution is 2.06. The zero-order chi connectivity index (χ0) is 26.6. The van der Waals surface area contributed by atoms with E-state index in [1.165, 1.54) is 22.3 Å². The van der Waals surface area contributed by atoms with Gasteiger partial charge in [0.2, 0.25) is 0 Å². The van der Waals surface area contributed by atoms with Crippen LogP contribution in [0.2, 0.25) is 0 Å². The van der Waals surface area contributed by atoms with Crippen molar-refractivity contribution >= 4 is 55.4 Å². The first kappa shape index (κ1) is 33.5. The Hall–Kier alpha value is -1.45. The van der Waals surface area contributed by atoms with Gasteiger partial charge in [-0.05, 0) is 38.8 Å². The maximum Gasteiger partial charge on any atom is 0.325 e. The predicted molar refractivity (Wildman–Crippen MR) is 151 cm³/mol. The van der Waals surface area contributed by atoms with Crippen molar-refractivity contribution < 1.29 is 19.1 Å². The van der Waals surface area contributed by atoms with Crippen molar-refractivity contribution in [2.45, 2.75) is 51.0 Å². The molecule has 2 aromatic carbocycles. The largest absolute Gasteiger partial charge is 0.465 e. The molecule has 3 N–H and O–H groups in total. The molecule has 6 nitrogen and oxygen atoms in total. The van der Waals surface area contributed by atoms with Crippen molar-refractivity contribution in [2.75, 3.05) is 25.1 Å². The molecule has 2 unspecified atom stereocenters. The summed E-state index contributed by atoms with van der Waals surface area (Å²) in [6, 6.07) is 16.4. The van der Waals surface area contributed by atoms with Gasteiger partial charge in [0.25, 0.3) is 0 Å². The van der Waals surface area contributed by atoms with E-state index in [4.69, 9.17) is 22.1 Å². The lowest BCUT2D eigenvalue weighted by molar-refractivity contribution is -0.143. The molecule has 35 heavy (non-hydrogen) atoms. The fourth-order valence-electron chi connectivity index (χ4n) is 2.62. The van der Waals surface area contributed by atoms with Crippen LogP contribution in [0.25, 0.3) is 0 Å². The third kappa shape index (κ3) is 16.8. The van der Waals surface area contributed by atoms with Gasteiger partial charge in [0.1, 0.15) is 10.2 Å². The van der Waals surface area contributed by atoms with Crippen LogP contribution in [0, 0.1) is 13.8 Å². The highest BCUT2D eigenvalue weighted by molar-refractivity contribution is 9.12. The minimum Gasteiger partial charge on any atom is -0.465 e. The van der Waals surface area contributed by atoms with Gasteiger partial charge in [0.05, 0.1) is 13.2 Å². The number of halogens is 3. The Bertz CT molecular complexity index is 871. The Morgan fingerprint density at radius 2 is 1.49 bits per heavy atom. The number of esters is 2. The molecule has 9 heteroatoms. The molecule has 0 aliphatic carbocycles. The minimum absolute atomic E-state index is 0.211. The standard InChI is InChI=1S/C13H18ClNO2.C8H11N.C5H8Br2O2/c1-3-17-13(16)12(14)9-15-8-11-6-4-5-10(2)7-11;1-7-3-2-4-8(5-7)6-9;1-2-9-5(8)4(7)3-6/h4-7,12,15H,3,8-9H2,1-2H3;2-5H,6,9H2,1H3;4H,2-3H2,1H3. The van der Waals surface area contributed by atoms with Gasteiger partial charge in [0, 0.05) is 25.0 Å². The summed E-state index contributed by atoms with van der Waals surface area (Å²) in [6.07, 6.45) is 0. The summed E-state index contributed by atoms with van der Waals surface area (Å²) >= 11 is 12.1. The predicted octanol–water partition coefficient (Wildman–Crippen LogP) is 5.42. The fraction of sp³-hybridized carbons (Fsp3) is 0.462. The molecule has 196 valence electrons. The molecule has 0 saturated heterocycles. The molecule has 0 radical (unpaired) electrons. The van der Waals surface area contributed by atoms with E-state index in [0.29, 0.717) is 38.2 Å². The van der Waals surface area contributed by atoms with Crippen molar-refractivity contribution in [2.24, 2.45) is 5.73 Å². The zero-order valence-corrected chi connectivity index (χ0v) is 24.8. The molecular formula is C26H37Br2ClN2O4. The molecule has 2 aromatic rings. The Morgan fingerprint density at radius 3 is 1.94 bits per heavy atom. The van der Waals surface area contributed by atoms with Crippen LogP contribution in [0.15, 0.2) is 48.5 Å². The molecule has 0 heterocycles. The molecule has 0 bridgehead atoms. The van der Waals surface area contributed by atoms with Gasteiger partial charge >= 0.3 is 11.9 Å². The number of carbonyl (C=O) groups is 2. The highest BCUT2D eigenvalue weighted by atomic mass is 79.9. The lowest BCUT2D eigenvalue weighted by atomic mass is 10.1. The van der Waals surface area contributed by atoms with E-state index in [2.05, 4.69) is 67.0 Å². The number of nitrogens with one attached hydrogen (secondary N) is 1. The topological polar surface area (TPSA) is 90.6 Å². The van der Waals surface area contributed by atoms with Gasteiger partial charge in [-0.25, -0.2) is 0 Å². The second-order valence-electron chi connectivity index (χ2n) is 7.41. The third-order valence-electron chi connectivity index (χ3n) is 4.27. The van der Waals surface area contributed by atoms with E-state index in [1.807, 2.05) is 37.3 Å². The number of hydrogen-bond donors (Lipinski definition) is 2. The van der Waals surface area contributed by atoms with E-state index >= 15 is 0 Å². The summed E-state index contributed by atoms with van der Waals surface area (Å²) in [7, 11) is 0. The van der Waals surface area contributed by atoms with Crippen LogP contribution in [0.1, 0.15) is 36.1 Å². The zero-order valence-electron chi connectivity index (χ0n) is 20.9. The molecule has 0 amide bonds. The number of ether oxygens (including phenoxy) is 2. The van der Waals surface area contributed by atoms with Crippen LogP contribution in [-0.4, -0.2) is 47.2 Å². The summed E-state index contributed by atoms with van der Waals surface area (Å²) < 4.78 is 9.49. The van der Waals surface area contributed by atoms with E-state index in [9.17, 15) is 9.59 Å². The minimum atomic E-state index is -0.625. The molecule has 2 rings (SSSR count). The monoisotopic (exact) mass is 634 g/mol. The van der Waals surface area contributed by atoms with Crippen LogP contribution >= 0.6 is 43.5 Å². The average Bonchev–Trinajstić information content (AvgIpc) is 2.84. The summed E-state index contributed by atoms with van der Waals surface area (Å²) in [5.41, 5.74) is 10.3. The van der Waals surface area contributed by atoms with Gasteiger partial charge < -0.3 is 20.5 Å². The number of rotatable bonds is 10. The molecule has 2 atom stereocenters. The van der Waals surface area contributed by atoms with E-state index in [1.54, 1.807) is 13.8 Å². The third-order valence-corrected chi connectivity index (χ3v) is 6.82. The molecule has 0 saturated carbocycles. The van der Waals surface area contributed by atoms with Crippen molar-refractivity contribution in [3.05, 3.63) is 70.8 Å². The van der Waals surface area contributed by atoms with Crippen LogP contribution in [-0.2, 0) is 32.2 Å². The summed E-state index contributed by atoms with van der Waals surface area (Å²) in [4.78, 5) is 21.7. The first-order valence-corrected chi connectivity index (χ1v) is 13.8. The van der Waals surface area contributed by atoms with E-state index < -0.39 is 5.38 Å². The Balaban J connectivity index is 0.000000543. The van der Waals surface area contributed by atoms with Crippen molar-refractivity contribution in [1.29, 1.82) is 0 Å². The lowest BCUT2D eigenvalue weighted by Crippen LogP contribution is -2.30. The van der Waals surface area contributed by atoms with Crippen molar-refractivity contribution in [3.63, 3.8) is 0 Å². The maximum absolute atomic E-state index is 11.2. The van der Waals surface area contributed by atoms with Crippen LogP contribution < -0.4 is 11.1 Å². The number of alkyl halides is 3. The van der Waals surface area contributed by atoms with E-state index in [-0.39, 0.29) is 16.8 Å². The van der Waals surface area contributed by atoms with Gasteiger partial charge in [-0.2, -0.15) is 0 Å².